The summed E-state index contributed by atoms with van der Waals surface area (Å²) in [5.74, 6) is 1.75. The summed E-state index contributed by atoms with van der Waals surface area (Å²) in [7, 11) is 0.148. The van der Waals surface area contributed by atoms with Crippen LogP contribution in [0.15, 0.2) is 0 Å². The molecule has 4 rings (SSSR count). The highest BCUT2D eigenvalue weighted by molar-refractivity contribution is 7.60. The van der Waals surface area contributed by atoms with Crippen molar-refractivity contribution in [2.75, 3.05) is 0 Å². The van der Waals surface area contributed by atoms with Gasteiger partial charge in [0.1, 0.15) is 5.78 Å². The van der Waals surface area contributed by atoms with Gasteiger partial charge in [-0.1, -0.05) is 52.9 Å². The molecule has 118 valence electrons. The Morgan fingerprint density at radius 3 is 1.67 bits per heavy atom. The van der Waals surface area contributed by atoms with Crippen molar-refractivity contribution in [3.05, 3.63) is 0 Å². The second-order valence-electron chi connectivity index (χ2n) is 8.06. The molecule has 4 aliphatic rings. The lowest BCUT2D eigenvalue weighted by Gasteiger charge is -2.53. The van der Waals surface area contributed by atoms with Gasteiger partial charge in [0.2, 0.25) is 0 Å². The molecule has 21 heavy (non-hydrogen) atoms. The zero-order valence-corrected chi connectivity index (χ0v) is 14.3. The van der Waals surface area contributed by atoms with E-state index in [9.17, 15) is 4.79 Å². The van der Waals surface area contributed by atoms with Gasteiger partial charge in [-0.25, -0.2) is 0 Å². The summed E-state index contributed by atoms with van der Waals surface area (Å²) < 4.78 is 0. The molecule has 1 saturated heterocycles. The molecule has 0 aromatic heterocycles. The summed E-state index contributed by atoms with van der Waals surface area (Å²) in [6, 6.07) is 0. The largest absolute Gasteiger partial charge is 0.299 e. The molecule has 4 fully saturated rings. The first-order valence-corrected chi connectivity index (χ1v) is 11.2. The first-order valence-electron chi connectivity index (χ1n) is 9.67. The van der Waals surface area contributed by atoms with E-state index in [2.05, 4.69) is 0 Å². The number of fused-ring (bicyclic) bond motifs is 2. The van der Waals surface area contributed by atoms with Crippen LogP contribution in [0.5, 0.6) is 0 Å². The van der Waals surface area contributed by atoms with Gasteiger partial charge in [-0.05, 0) is 55.5 Å². The van der Waals surface area contributed by atoms with Gasteiger partial charge in [-0.3, -0.25) is 4.79 Å². The first-order chi connectivity index (χ1) is 10.4. The van der Waals surface area contributed by atoms with Crippen LogP contribution in [0.2, 0.25) is 0 Å². The summed E-state index contributed by atoms with van der Waals surface area (Å²) in [5.41, 5.74) is 2.74. The monoisotopic (exact) mass is 306 g/mol. The highest BCUT2D eigenvalue weighted by Gasteiger charge is 2.52. The normalized spacial score (nSPS) is 45.0. The van der Waals surface area contributed by atoms with E-state index in [1.54, 1.807) is 0 Å². The molecule has 4 unspecified atom stereocenters. The summed E-state index contributed by atoms with van der Waals surface area (Å²) >= 11 is 0. The Hall–Kier alpha value is 0.100. The number of Topliss-reactive ketones (excluding diaryl/α,β-unsaturated/α-hetero) is 1. The van der Waals surface area contributed by atoms with Crippen molar-refractivity contribution in [1.82, 2.24) is 0 Å². The molecule has 0 amide bonds. The van der Waals surface area contributed by atoms with Crippen LogP contribution in [-0.2, 0) is 4.79 Å². The maximum Gasteiger partial charge on any atom is 0.140 e. The predicted molar refractivity (Wildman–Crippen MR) is 90.3 cm³/mol. The lowest BCUT2D eigenvalue weighted by molar-refractivity contribution is -0.129. The Bertz CT molecular complexity index is 361. The van der Waals surface area contributed by atoms with Gasteiger partial charge >= 0.3 is 0 Å². The fraction of sp³-hybridized carbons (Fsp3) is 0.947. The van der Waals surface area contributed by atoms with Crippen molar-refractivity contribution in [2.45, 2.75) is 100 Å². The standard InChI is InChI=1S/C19H31OP/c20-19-15-10-4-6-12-17(15)21(14-8-2-1-3-9-14)18-13-7-5-11-16(18)19/h14-18H,1-13H2. The van der Waals surface area contributed by atoms with E-state index in [4.69, 9.17) is 0 Å². The van der Waals surface area contributed by atoms with Crippen LogP contribution in [0.1, 0.15) is 83.5 Å². The van der Waals surface area contributed by atoms with Crippen molar-refractivity contribution in [2.24, 2.45) is 11.8 Å². The zero-order valence-electron chi connectivity index (χ0n) is 13.4. The lowest BCUT2D eigenvalue weighted by atomic mass is 9.75. The zero-order chi connectivity index (χ0) is 14.2. The van der Waals surface area contributed by atoms with Gasteiger partial charge < -0.3 is 0 Å². The Balaban J connectivity index is 1.64. The van der Waals surface area contributed by atoms with E-state index >= 15 is 0 Å². The smallest absolute Gasteiger partial charge is 0.140 e. The Morgan fingerprint density at radius 1 is 0.619 bits per heavy atom. The van der Waals surface area contributed by atoms with Crippen molar-refractivity contribution < 1.29 is 4.79 Å². The minimum atomic E-state index is 0.148. The van der Waals surface area contributed by atoms with Crippen LogP contribution in [0, 0.1) is 11.8 Å². The van der Waals surface area contributed by atoms with Crippen molar-refractivity contribution in [1.29, 1.82) is 0 Å². The van der Waals surface area contributed by atoms with Crippen molar-refractivity contribution >= 4 is 13.7 Å². The minimum absolute atomic E-state index is 0.148. The number of ketones is 1. The maximum absolute atomic E-state index is 13.0. The molecule has 1 nitrogen and oxygen atoms in total. The van der Waals surface area contributed by atoms with E-state index in [1.807, 2.05) is 0 Å². The van der Waals surface area contributed by atoms with Gasteiger partial charge in [0.05, 0.1) is 0 Å². The highest BCUT2D eigenvalue weighted by atomic mass is 31.1. The van der Waals surface area contributed by atoms with Gasteiger partial charge in [0.15, 0.2) is 0 Å². The van der Waals surface area contributed by atoms with Gasteiger partial charge in [0, 0.05) is 11.8 Å². The number of rotatable bonds is 1. The third-order valence-electron chi connectivity index (χ3n) is 6.95. The van der Waals surface area contributed by atoms with E-state index in [1.165, 1.54) is 83.5 Å². The van der Waals surface area contributed by atoms with Crippen LogP contribution >= 0.6 is 7.92 Å². The summed E-state index contributed by atoms with van der Waals surface area (Å²) in [6.07, 6.45) is 18.2. The van der Waals surface area contributed by atoms with Gasteiger partial charge in [-0.2, -0.15) is 0 Å². The molecule has 0 radical (unpaired) electrons. The first kappa shape index (κ1) is 14.7. The second kappa shape index (κ2) is 6.31. The fourth-order valence-corrected chi connectivity index (χ4v) is 11.0. The van der Waals surface area contributed by atoms with Crippen LogP contribution in [-0.4, -0.2) is 22.8 Å². The third kappa shape index (κ3) is 2.62. The molecule has 3 saturated carbocycles. The summed E-state index contributed by atoms with van der Waals surface area (Å²) in [6.45, 7) is 0. The molecule has 0 aromatic rings. The predicted octanol–water partition coefficient (Wildman–Crippen LogP) is 5.50. The maximum atomic E-state index is 13.0. The lowest BCUT2D eigenvalue weighted by Crippen LogP contribution is -2.48. The molecule has 1 heterocycles. The molecule has 0 spiro atoms. The quantitative estimate of drug-likeness (QED) is 0.584. The van der Waals surface area contributed by atoms with E-state index < -0.39 is 0 Å². The SMILES string of the molecule is O=C1C2CCCCC2P(C2CCCCC2)C2CCCCC12. The van der Waals surface area contributed by atoms with E-state index in [-0.39, 0.29) is 7.92 Å². The molecule has 4 atom stereocenters. The van der Waals surface area contributed by atoms with Crippen LogP contribution in [0.25, 0.3) is 0 Å². The highest BCUT2D eigenvalue weighted by Crippen LogP contribution is 2.67. The minimum Gasteiger partial charge on any atom is -0.299 e. The molecule has 1 aliphatic heterocycles. The average Bonchev–Trinajstić information content (AvgIpc) is 2.56. The van der Waals surface area contributed by atoms with E-state index in [0.717, 1.165) is 22.8 Å². The average molecular weight is 306 g/mol. The molecular weight excluding hydrogens is 275 g/mol. The number of carbonyl (C=O) groups is 1. The molecule has 2 heteroatoms. The molecule has 3 aliphatic carbocycles. The van der Waals surface area contributed by atoms with Gasteiger partial charge in [-0.15, -0.1) is 0 Å². The third-order valence-corrected chi connectivity index (χ3v) is 11.1. The van der Waals surface area contributed by atoms with Crippen LogP contribution in [0.4, 0.5) is 0 Å². The van der Waals surface area contributed by atoms with Crippen molar-refractivity contribution in [3.63, 3.8) is 0 Å². The van der Waals surface area contributed by atoms with Gasteiger partial charge in [0.25, 0.3) is 0 Å². The second-order valence-corrected chi connectivity index (χ2v) is 11.0. The molecule has 0 bridgehead atoms. The van der Waals surface area contributed by atoms with E-state index in [0.29, 0.717) is 11.8 Å². The van der Waals surface area contributed by atoms with Crippen LogP contribution < -0.4 is 0 Å². The number of carbonyl (C=O) groups excluding carboxylic acids is 1. The molecule has 0 N–H and O–H groups in total. The Morgan fingerprint density at radius 2 is 1.10 bits per heavy atom. The summed E-state index contributed by atoms with van der Waals surface area (Å²) in [5, 5.41) is 0. The number of hydrogen-bond acceptors (Lipinski definition) is 1. The molecule has 0 aromatic carbocycles. The van der Waals surface area contributed by atoms with Crippen LogP contribution in [0.3, 0.4) is 0 Å². The fourth-order valence-electron chi connectivity index (χ4n) is 6.04. The van der Waals surface area contributed by atoms with Crippen molar-refractivity contribution in [3.8, 4) is 0 Å². The molecular formula is C19H31OP. The Labute approximate surface area is 131 Å². The topological polar surface area (TPSA) is 17.1 Å². The Kier molecular flexibility index (Phi) is 4.41. The number of hydrogen-bond donors (Lipinski definition) is 0. The summed E-state index contributed by atoms with van der Waals surface area (Å²) in [4.78, 5) is 13.0.